The molecule has 1 saturated heterocycles. The standard InChI is InChI=1S/C17H27ClN2/c1-12(19)9-13-5-6-15(18)10-16(13)20-8-7-14(11-20)17(2,3)4/h5-6,10,12,14H,7-9,11,19H2,1-4H3. The lowest BCUT2D eigenvalue weighted by Crippen LogP contribution is -2.27. The third kappa shape index (κ3) is 3.67. The van der Waals surface area contributed by atoms with Crippen molar-refractivity contribution in [3.63, 3.8) is 0 Å². The summed E-state index contributed by atoms with van der Waals surface area (Å²) in [6.45, 7) is 11.3. The molecule has 2 nitrogen and oxygen atoms in total. The van der Waals surface area contributed by atoms with E-state index in [-0.39, 0.29) is 6.04 Å². The first-order chi connectivity index (χ1) is 9.27. The number of hydrogen-bond acceptors (Lipinski definition) is 2. The molecular formula is C17H27ClN2. The average Bonchev–Trinajstić information content (AvgIpc) is 2.80. The summed E-state index contributed by atoms with van der Waals surface area (Å²) in [6, 6.07) is 6.38. The van der Waals surface area contributed by atoms with E-state index >= 15 is 0 Å². The Morgan fingerprint density at radius 3 is 2.65 bits per heavy atom. The van der Waals surface area contributed by atoms with Gasteiger partial charge in [-0.25, -0.2) is 0 Å². The van der Waals surface area contributed by atoms with Crippen LogP contribution in [0.1, 0.15) is 39.7 Å². The van der Waals surface area contributed by atoms with Gasteiger partial charge in [0, 0.05) is 29.8 Å². The fraction of sp³-hybridized carbons (Fsp3) is 0.647. The fourth-order valence-corrected chi connectivity index (χ4v) is 3.20. The largest absolute Gasteiger partial charge is 0.371 e. The monoisotopic (exact) mass is 294 g/mol. The molecule has 0 aromatic heterocycles. The number of nitrogens with zero attached hydrogens (tertiary/aromatic N) is 1. The first kappa shape index (κ1) is 15.7. The summed E-state index contributed by atoms with van der Waals surface area (Å²) in [4.78, 5) is 2.49. The van der Waals surface area contributed by atoms with Gasteiger partial charge in [0.15, 0.2) is 0 Å². The van der Waals surface area contributed by atoms with Crippen LogP contribution in [0.4, 0.5) is 5.69 Å². The number of nitrogens with two attached hydrogens (primary N) is 1. The lowest BCUT2D eigenvalue weighted by Gasteiger charge is -2.28. The molecule has 112 valence electrons. The van der Waals surface area contributed by atoms with Gasteiger partial charge >= 0.3 is 0 Å². The molecule has 2 N–H and O–H groups in total. The molecule has 0 saturated carbocycles. The average molecular weight is 295 g/mol. The van der Waals surface area contributed by atoms with Crippen LogP contribution in [0, 0.1) is 11.3 Å². The van der Waals surface area contributed by atoms with Crippen molar-refractivity contribution in [2.45, 2.75) is 46.6 Å². The lowest BCUT2D eigenvalue weighted by molar-refractivity contribution is 0.263. The Labute approximate surface area is 128 Å². The summed E-state index contributed by atoms with van der Waals surface area (Å²) in [5.74, 6) is 0.740. The summed E-state index contributed by atoms with van der Waals surface area (Å²) in [5, 5.41) is 0.813. The third-order valence-electron chi connectivity index (χ3n) is 4.34. The lowest BCUT2D eigenvalue weighted by atomic mass is 9.80. The molecule has 1 heterocycles. The van der Waals surface area contributed by atoms with Crippen molar-refractivity contribution in [1.82, 2.24) is 0 Å². The smallest absolute Gasteiger partial charge is 0.0426 e. The van der Waals surface area contributed by atoms with Crippen molar-refractivity contribution < 1.29 is 0 Å². The highest BCUT2D eigenvalue weighted by Crippen LogP contribution is 2.37. The second-order valence-corrected chi connectivity index (χ2v) is 7.69. The van der Waals surface area contributed by atoms with Crippen LogP contribution >= 0.6 is 11.6 Å². The first-order valence-electron chi connectivity index (χ1n) is 7.56. The molecule has 1 aliphatic rings. The van der Waals surface area contributed by atoms with Crippen molar-refractivity contribution in [2.75, 3.05) is 18.0 Å². The molecule has 0 bridgehead atoms. The fourth-order valence-electron chi connectivity index (χ4n) is 3.04. The zero-order valence-electron chi connectivity index (χ0n) is 13.1. The van der Waals surface area contributed by atoms with Gasteiger partial charge in [-0.05, 0) is 48.8 Å². The number of rotatable bonds is 3. The topological polar surface area (TPSA) is 29.3 Å². The van der Waals surface area contributed by atoms with Crippen molar-refractivity contribution in [1.29, 1.82) is 0 Å². The SMILES string of the molecule is CC(N)Cc1ccc(Cl)cc1N1CCC(C(C)(C)C)C1. The van der Waals surface area contributed by atoms with Crippen LogP contribution in [0.25, 0.3) is 0 Å². The van der Waals surface area contributed by atoms with Crippen LogP contribution in [0.2, 0.25) is 5.02 Å². The number of halogens is 1. The van der Waals surface area contributed by atoms with Crippen LogP contribution in [-0.2, 0) is 6.42 Å². The van der Waals surface area contributed by atoms with Crippen LogP contribution in [0.3, 0.4) is 0 Å². The Kier molecular flexibility index (Phi) is 4.66. The maximum atomic E-state index is 6.20. The predicted molar refractivity (Wildman–Crippen MR) is 88.6 cm³/mol. The minimum Gasteiger partial charge on any atom is -0.371 e. The molecule has 0 aliphatic carbocycles. The number of hydrogen-bond donors (Lipinski definition) is 1. The minimum absolute atomic E-state index is 0.177. The van der Waals surface area contributed by atoms with Gasteiger partial charge < -0.3 is 10.6 Å². The van der Waals surface area contributed by atoms with Gasteiger partial charge in [0.1, 0.15) is 0 Å². The summed E-state index contributed by atoms with van der Waals surface area (Å²) < 4.78 is 0. The van der Waals surface area contributed by atoms with Crippen LogP contribution in [0.5, 0.6) is 0 Å². The highest BCUT2D eigenvalue weighted by atomic mass is 35.5. The highest BCUT2D eigenvalue weighted by Gasteiger charge is 2.32. The van der Waals surface area contributed by atoms with Crippen molar-refractivity contribution >= 4 is 17.3 Å². The Morgan fingerprint density at radius 2 is 2.10 bits per heavy atom. The second-order valence-electron chi connectivity index (χ2n) is 7.25. The Hall–Kier alpha value is -0.730. The molecule has 3 heteroatoms. The Balaban J connectivity index is 2.22. The molecular weight excluding hydrogens is 268 g/mol. The third-order valence-corrected chi connectivity index (χ3v) is 4.58. The second kappa shape index (κ2) is 5.95. The van der Waals surface area contributed by atoms with E-state index in [2.05, 4.69) is 44.7 Å². The molecule has 1 aromatic carbocycles. The van der Waals surface area contributed by atoms with Crippen LogP contribution < -0.4 is 10.6 Å². The molecule has 20 heavy (non-hydrogen) atoms. The zero-order chi connectivity index (χ0) is 14.9. The summed E-state index contributed by atoms with van der Waals surface area (Å²) in [6.07, 6.45) is 2.16. The normalized spacial score (nSPS) is 21.3. The van der Waals surface area contributed by atoms with Crippen molar-refractivity contribution in [3.8, 4) is 0 Å². The van der Waals surface area contributed by atoms with Gasteiger partial charge in [-0.3, -0.25) is 0 Å². The van der Waals surface area contributed by atoms with E-state index in [0.29, 0.717) is 5.41 Å². The summed E-state index contributed by atoms with van der Waals surface area (Å²) in [5.41, 5.74) is 8.94. The molecule has 2 rings (SSSR count). The van der Waals surface area contributed by atoms with Crippen molar-refractivity contribution in [3.05, 3.63) is 28.8 Å². The predicted octanol–water partition coefficient (Wildman–Crippen LogP) is 4.10. The van der Waals surface area contributed by atoms with Crippen molar-refractivity contribution in [2.24, 2.45) is 17.1 Å². The number of anilines is 1. The molecule has 1 fully saturated rings. The maximum absolute atomic E-state index is 6.20. The van der Waals surface area contributed by atoms with E-state index in [0.717, 1.165) is 30.5 Å². The summed E-state index contributed by atoms with van der Waals surface area (Å²) >= 11 is 6.20. The van der Waals surface area contributed by atoms with Gasteiger partial charge in [0.25, 0.3) is 0 Å². The van der Waals surface area contributed by atoms with E-state index in [4.69, 9.17) is 17.3 Å². The molecule has 1 aromatic rings. The van der Waals surface area contributed by atoms with Gasteiger partial charge in [-0.1, -0.05) is 38.4 Å². The molecule has 0 spiro atoms. The molecule has 1 aliphatic heterocycles. The van der Waals surface area contributed by atoms with E-state index < -0.39 is 0 Å². The van der Waals surface area contributed by atoms with E-state index in [9.17, 15) is 0 Å². The van der Waals surface area contributed by atoms with E-state index in [1.54, 1.807) is 0 Å². The molecule has 2 atom stereocenters. The van der Waals surface area contributed by atoms with E-state index in [1.807, 2.05) is 6.07 Å². The highest BCUT2D eigenvalue weighted by molar-refractivity contribution is 6.30. The van der Waals surface area contributed by atoms with Gasteiger partial charge in [0.2, 0.25) is 0 Å². The first-order valence-corrected chi connectivity index (χ1v) is 7.94. The maximum Gasteiger partial charge on any atom is 0.0426 e. The van der Waals surface area contributed by atoms with Gasteiger partial charge in [-0.15, -0.1) is 0 Å². The van der Waals surface area contributed by atoms with Gasteiger partial charge in [-0.2, -0.15) is 0 Å². The zero-order valence-corrected chi connectivity index (χ0v) is 13.9. The van der Waals surface area contributed by atoms with Crippen LogP contribution in [-0.4, -0.2) is 19.1 Å². The molecule has 2 unspecified atom stereocenters. The number of benzene rings is 1. The van der Waals surface area contributed by atoms with Gasteiger partial charge in [0.05, 0.1) is 0 Å². The molecule has 0 amide bonds. The molecule has 0 radical (unpaired) electrons. The Bertz CT molecular complexity index is 463. The Morgan fingerprint density at radius 1 is 1.40 bits per heavy atom. The van der Waals surface area contributed by atoms with Crippen LogP contribution in [0.15, 0.2) is 18.2 Å². The van der Waals surface area contributed by atoms with E-state index in [1.165, 1.54) is 17.7 Å². The minimum atomic E-state index is 0.177. The summed E-state index contributed by atoms with van der Waals surface area (Å²) in [7, 11) is 0. The quantitative estimate of drug-likeness (QED) is 0.909.